The van der Waals surface area contributed by atoms with Crippen LogP contribution in [0.5, 0.6) is 0 Å². The van der Waals surface area contributed by atoms with Gasteiger partial charge in [-0.25, -0.2) is 13.1 Å². The van der Waals surface area contributed by atoms with Crippen molar-refractivity contribution in [3.63, 3.8) is 0 Å². The highest BCUT2D eigenvalue weighted by Crippen LogP contribution is 2.00. The van der Waals surface area contributed by atoms with Crippen LogP contribution in [0.25, 0.3) is 0 Å². The van der Waals surface area contributed by atoms with Gasteiger partial charge in [-0.15, -0.1) is 10.2 Å². The fraction of sp³-hybridized carbons (Fsp3) is 0.500. The molecule has 0 spiro atoms. The Morgan fingerprint density at radius 3 is 2.53 bits per heavy atom. The number of nitrogens with one attached hydrogen (secondary N) is 3. The zero-order valence-corrected chi connectivity index (χ0v) is 11.6. The molecule has 106 valence electrons. The van der Waals surface area contributed by atoms with Crippen molar-refractivity contribution in [3.8, 4) is 0 Å². The number of amides is 1. The van der Waals surface area contributed by atoms with Crippen molar-refractivity contribution in [2.75, 3.05) is 31.2 Å². The van der Waals surface area contributed by atoms with Gasteiger partial charge in [-0.2, -0.15) is 0 Å². The molecule has 0 aromatic carbocycles. The predicted molar refractivity (Wildman–Crippen MR) is 71.4 cm³/mol. The molecule has 0 saturated carbocycles. The number of carbonyl (C=O) groups excluding carboxylic acids is 1. The van der Waals surface area contributed by atoms with Gasteiger partial charge < -0.3 is 10.6 Å². The Morgan fingerprint density at radius 2 is 2.00 bits per heavy atom. The van der Waals surface area contributed by atoms with E-state index in [1.807, 2.05) is 6.92 Å². The van der Waals surface area contributed by atoms with Crippen LogP contribution in [0.1, 0.15) is 17.4 Å². The summed E-state index contributed by atoms with van der Waals surface area (Å²) in [4.78, 5) is 11.6. The van der Waals surface area contributed by atoms with Crippen molar-refractivity contribution in [2.45, 2.75) is 6.92 Å². The van der Waals surface area contributed by atoms with Crippen LogP contribution < -0.4 is 15.4 Å². The summed E-state index contributed by atoms with van der Waals surface area (Å²) in [6.45, 7) is 2.96. The third kappa shape index (κ3) is 6.11. The van der Waals surface area contributed by atoms with Crippen molar-refractivity contribution >= 4 is 21.7 Å². The summed E-state index contributed by atoms with van der Waals surface area (Å²) in [6.07, 6.45) is 1.06. The van der Waals surface area contributed by atoms with Gasteiger partial charge in [0.25, 0.3) is 5.91 Å². The molecule has 0 radical (unpaired) electrons. The van der Waals surface area contributed by atoms with Crippen LogP contribution in [0.15, 0.2) is 12.1 Å². The monoisotopic (exact) mass is 287 g/mol. The Hall–Kier alpha value is -1.74. The molecule has 1 amide bonds. The molecule has 1 aromatic rings. The zero-order chi connectivity index (χ0) is 14.3. The van der Waals surface area contributed by atoms with Crippen molar-refractivity contribution < 1.29 is 13.2 Å². The summed E-state index contributed by atoms with van der Waals surface area (Å²) in [5.74, 6) is 0.198. The number of anilines is 1. The summed E-state index contributed by atoms with van der Waals surface area (Å²) in [5.41, 5.74) is 0.181. The first kappa shape index (κ1) is 15.3. The summed E-state index contributed by atoms with van der Waals surface area (Å²) in [6, 6.07) is 3.20. The number of aromatic nitrogens is 2. The highest BCUT2D eigenvalue weighted by Gasteiger charge is 2.07. The van der Waals surface area contributed by atoms with E-state index < -0.39 is 15.9 Å². The molecule has 1 heterocycles. The molecule has 9 heteroatoms. The first-order valence-electron chi connectivity index (χ1n) is 5.73. The van der Waals surface area contributed by atoms with Crippen molar-refractivity contribution in [3.05, 3.63) is 17.8 Å². The number of carbonyl (C=O) groups is 1. The molecule has 0 bridgehead atoms. The smallest absolute Gasteiger partial charge is 0.271 e. The maximum Gasteiger partial charge on any atom is 0.271 e. The lowest BCUT2D eigenvalue weighted by atomic mass is 10.3. The second-order valence-corrected chi connectivity index (χ2v) is 5.59. The Labute approximate surface area is 112 Å². The minimum Gasteiger partial charge on any atom is -0.369 e. The number of sulfonamides is 1. The normalized spacial score (nSPS) is 11.1. The molecule has 3 N–H and O–H groups in total. The van der Waals surface area contributed by atoms with Gasteiger partial charge in [-0.05, 0) is 19.1 Å². The van der Waals surface area contributed by atoms with Gasteiger partial charge in [0.15, 0.2) is 5.69 Å². The molecule has 0 fully saturated rings. The van der Waals surface area contributed by atoms with Crippen molar-refractivity contribution in [1.29, 1.82) is 0 Å². The number of rotatable bonds is 7. The predicted octanol–water partition coefficient (Wildman–Crippen LogP) is -0.813. The van der Waals surface area contributed by atoms with E-state index in [0.717, 1.165) is 12.8 Å². The zero-order valence-electron chi connectivity index (χ0n) is 10.8. The lowest BCUT2D eigenvalue weighted by Gasteiger charge is -2.05. The third-order valence-electron chi connectivity index (χ3n) is 2.03. The van der Waals surface area contributed by atoms with Crippen LogP contribution in [0.3, 0.4) is 0 Å². The minimum atomic E-state index is -3.24. The highest BCUT2D eigenvalue weighted by molar-refractivity contribution is 7.88. The SMILES string of the molecule is CCNc1ccc(C(=O)NCCNS(C)(=O)=O)nn1. The Kier molecular flexibility index (Phi) is 5.64. The van der Waals surface area contributed by atoms with Crippen LogP contribution in [0.2, 0.25) is 0 Å². The average molecular weight is 287 g/mol. The molecular formula is C10H17N5O3S. The fourth-order valence-electron chi connectivity index (χ4n) is 1.23. The van der Waals surface area contributed by atoms with Crippen LogP contribution in [0, 0.1) is 0 Å². The van der Waals surface area contributed by atoms with Gasteiger partial charge in [0.1, 0.15) is 5.82 Å². The number of hydrogen-bond acceptors (Lipinski definition) is 6. The Bertz CT molecular complexity index is 514. The highest BCUT2D eigenvalue weighted by atomic mass is 32.2. The average Bonchev–Trinajstić information content (AvgIpc) is 2.34. The van der Waals surface area contributed by atoms with Gasteiger partial charge >= 0.3 is 0 Å². The summed E-state index contributed by atoms with van der Waals surface area (Å²) in [7, 11) is -3.24. The van der Waals surface area contributed by atoms with E-state index in [0.29, 0.717) is 5.82 Å². The molecule has 0 aliphatic carbocycles. The quantitative estimate of drug-likeness (QED) is 0.565. The molecule has 0 unspecified atom stereocenters. The molecule has 1 aromatic heterocycles. The van der Waals surface area contributed by atoms with Gasteiger partial charge in [-0.1, -0.05) is 0 Å². The van der Waals surface area contributed by atoms with Crippen molar-refractivity contribution in [2.24, 2.45) is 0 Å². The molecule has 0 aliphatic rings. The Morgan fingerprint density at radius 1 is 1.26 bits per heavy atom. The summed E-state index contributed by atoms with van der Waals surface area (Å²) in [5, 5.41) is 13.1. The third-order valence-corrected chi connectivity index (χ3v) is 2.76. The summed E-state index contributed by atoms with van der Waals surface area (Å²) < 4.78 is 23.8. The molecule has 0 aliphatic heterocycles. The second kappa shape index (κ2) is 7.00. The second-order valence-electron chi connectivity index (χ2n) is 3.76. The van der Waals surface area contributed by atoms with E-state index in [4.69, 9.17) is 0 Å². The topological polar surface area (TPSA) is 113 Å². The van der Waals surface area contributed by atoms with Gasteiger partial charge in [-0.3, -0.25) is 4.79 Å². The van der Waals surface area contributed by atoms with Crippen LogP contribution in [-0.4, -0.2) is 50.4 Å². The number of nitrogens with zero attached hydrogens (tertiary/aromatic N) is 2. The molecule has 1 rings (SSSR count). The first-order valence-corrected chi connectivity index (χ1v) is 7.62. The molecule has 8 nitrogen and oxygen atoms in total. The molecular weight excluding hydrogens is 270 g/mol. The van der Waals surface area contributed by atoms with E-state index in [1.54, 1.807) is 12.1 Å². The van der Waals surface area contributed by atoms with Gasteiger partial charge in [0.2, 0.25) is 10.0 Å². The Balaban J connectivity index is 2.41. The maximum atomic E-state index is 11.6. The molecule has 0 atom stereocenters. The van der Waals surface area contributed by atoms with E-state index >= 15 is 0 Å². The lowest BCUT2D eigenvalue weighted by molar-refractivity contribution is 0.0948. The maximum absolute atomic E-state index is 11.6. The van der Waals surface area contributed by atoms with E-state index in [2.05, 4.69) is 25.6 Å². The van der Waals surface area contributed by atoms with E-state index in [9.17, 15) is 13.2 Å². The van der Waals surface area contributed by atoms with Crippen LogP contribution >= 0.6 is 0 Å². The molecule has 19 heavy (non-hydrogen) atoms. The standard InChI is InChI=1S/C10H17N5O3S/c1-3-11-9-5-4-8(14-15-9)10(16)12-6-7-13-19(2,17)18/h4-5,13H,3,6-7H2,1-2H3,(H,11,15)(H,12,16). The lowest BCUT2D eigenvalue weighted by Crippen LogP contribution is -2.34. The van der Waals surface area contributed by atoms with Crippen LogP contribution in [0.4, 0.5) is 5.82 Å². The fourth-order valence-corrected chi connectivity index (χ4v) is 1.70. The van der Waals surface area contributed by atoms with E-state index in [-0.39, 0.29) is 18.8 Å². The van der Waals surface area contributed by atoms with Crippen LogP contribution in [-0.2, 0) is 10.0 Å². The van der Waals surface area contributed by atoms with Gasteiger partial charge in [0.05, 0.1) is 6.26 Å². The summed E-state index contributed by atoms with van der Waals surface area (Å²) >= 11 is 0. The molecule has 0 saturated heterocycles. The van der Waals surface area contributed by atoms with Gasteiger partial charge in [0, 0.05) is 19.6 Å². The minimum absolute atomic E-state index is 0.132. The number of hydrogen-bond donors (Lipinski definition) is 3. The van der Waals surface area contributed by atoms with E-state index in [1.165, 1.54) is 0 Å². The largest absolute Gasteiger partial charge is 0.369 e. The van der Waals surface area contributed by atoms with Crippen molar-refractivity contribution in [1.82, 2.24) is 20.2 Å². The first-order chi connectivity index (χ1) is 8.92.